The van der Waals surface area contributed by atoms with Crippen LogP contribution in [-0.4, -0.2) is 30.2 Å². The number of nitro groups is 1. The van der Waals surface area contributed by atoms with Gasteiger partial charge in [0.05, 0.1) is 17.2 Å². The number of ether oxygens (including phenoxy) is 1. The Morgan fingerprint density at radius 3 is 3.00 bits per heavy atom. The summed E-state index contributed by atoms with van der Waals surface area (Å²) in [6, 6.07) is 4.23. The third-order valence-corrected chi connectivity index (χ3v) is 2.90. The molecule has 1 aromatic carbocycles. The van der Waals surface area contributed by atoms with Crippen molar-refractivity contribution in [1.82, 2.24) is 10.3 Å². The highest BCUT2D eigenvalue weighted by molar-refractivity contribution is 6.31. The Labute approximate surface area is 126 Å². The second-order valence-corrected chi connectivity index (χ2v) is 4.71. The van der Waals surface area contributed by atoms with Gasteiger partial charge in [0.2, 0.25) is 5.89 Å². The molecule has 1 N–H and O–H groups in total. The maximum atomic E-state index is 10.8. The van der Waals surface area contributed by atoms with E-state index in [1.54, 1.807) is 13.2 Å². The molecule has 0 bridgehead atoms. The fourth-order valence-electron chi connectivity index (χ4n) is 1.71. The highest BCUT2D eigenvalue weighted by Crippen LogP contribution is 2.27. The Bertz CT molecular complexity index is 630. The quantitative estimate of drug-likeness (QED) is 0.480. The number of nitrogens with one attached hydrogen (secondary N) is 1. The molecular weight excluding hydrogens is 298 g/mol. The molecule has 1 heterocycles. The number of benzene rings is 1. The first kappa shape index (κ1) is 15.4. The number of nitrogens with zero attached hydrogens (tertiary/aromatic N) is 2. The second kappa shape index (κ2) is 7.16. The van der Waals surface area contributed by atoms with Crippen LogP contribution in [0.25, 0.3) is 11.5 Å². The second-order valence-electron chi connectivity index (χ2n) is 4.27. The number of aromatic nitrogens is 1. The number of halogens is 1. The molecule has 1 aromatic heterocycles. The van der Waals surface area contributed by atoms with Crippen molar-refractivity contribution in [2.45, 2.75) is 6.54 Å². The topological polar surface area (TPSA) is 90.4 Å². The number of hydrogen-bond donors (Lipinski definition) is 1. The molecule has 2 aromatic rings. The maximum absolute atomic E-state index is 10.8. The Hall–Kier alpha value is -1.96. The molecule has 0 spiro atoms. The van der Waals surface area contributed by atoms with Crippen LogP contribution < -0.4 is 5.32 Å². The molecular formula is C13H14ClN3O4. The normalized spacial score (nSPS) is 10.8. The van der Waals surface area contributed by atoms with Crippen molar-refractivity contribution in [2.75, 3.05) is 20.3 Å². The van der Waals surface area contributed by atoms with E-state index in [2.05, 4.69) is 10.3 Å². The summed E-state index contributed by atoms with van der Waals surface area (Å²) in [4.78, 5) is 14.6. The van der Waals surface area contributed by atoms with Crippen molar-refractivity contribution < 1.29 is 14.1 Å². The third-order valence-electron chi connectivity index (χ3n) is 2.68. The highest BCUT2D eigenvalue weighted by atomic mass is 35.5. The average Bonchev–Trinajstić information content (AvgIpc) is 2.92. The van der Waals surface area contributed by atoms with Crippen molar-refractivity contribution in [1.29, 1.82) is 0 Å². The minimum atomic E-state index is -0.508. The lowest BCUT2D eigenvalue weighted by Gasteiger charge is -2.00. The van der Waals surface area contributed by atoms with Gasteiger partial charge in [-0.15, -0.1) is 0 Å². The van der Waals surface area contributed by atoms with Crippen molar-refractivity contribution in [3.8, 4) is 11.5 Å². The van der Waals surface area contributed by atoms with Crippen LogP contribution in [0.1, 0.15) is 5.69 Å². The minimum Gasteiger partial charge on any atom is -0.444 e. The lowest BCUT2D eigenvalue weighted by molar-refractivity contribution is -0.384. The molecule has 0 atom stereocenters. The molecule has 0 saturated carbocycles. The largest absolute Gasteiger partial charge is 0.444 e. The van der Waals surface area contributed by atoms with E-state index >= 15 is 0 Å². The Kier molecular flexibility index (Phi) is 5.26. The molecule has 0 amide bonds. The van der Waals surface area contributed by atoms with Gasteiger partial charge in [-0.05, 0) is 6.07 Å². The van der Waals surface area contributed by atoms with Gasteiger partial charge in [-0.1, -0.05) is 11.6 Å². The first-order valence-electron chi connectivity index (χ1n) is 6.19. The summed E-state index contributed by atoms with van der Waals surface area (Å²) < 4.78 is 10.3. The van der Waals surface area contributed by atoms with E-state index < -0.39 is 4.92 Å². The zero-order valence-electron chi connectivity index (χ0n) is 11.3. The zero-order chi connectivity index (χ0) is 15.2. The van der Waals surface area contributed by atoms with Crippen molar-refractivity contribution in [2.24, 2.45) is 0 Å². The standard InChI is InChI=1S/C13H14ClN3O4/c1-20-3-2-15-7-11-8-21-13(16-11)9-4-10(14)6-12(5-9)17(18)19/h4-6,8,15H,2-3,7H2,1H3. The van der Waals surface area contributed by atoms with E-state index in [4.69, 9.17) is 20.8 Å². The predicted molar refractivity (Wildman–Crippen MR) is 77.2 cm³/mol. The van der Waals surface area contributed by atoms with Crippen molar-refractivity contribution >= 4 is 17.3 Å². The van der Waals surface area contributed by atoms with Crippen LogP contribution in [0.3, 0.4) is 0 Å². The van der Waals surface area contributed by atoms with Crippen LogP contribution in [0.15, 0.2) is 28.9 Å². The molecule has 0 aliphatic carbocycles. The van der Waals surface area contributed by atoms with E-state index in [9.17, 15) is 10.1 Å². The zero-order valence-corrected chi connectivity index (χ0v) is 12.1. The van der Waals surface area contributed by atoms with Gasteiger partial charge in [-0.3, -0.25) is 10.1 Å². The summed E-state index contributed by atoms with van der Waals surface area (Å²) in [6.07, 6.45) is 1.50. The molecule has 0 aliphatic heterocycles. The van der Waals surface area contributed by atoms with Gasteiger partial charge in [-0.2, -0.15) is 0 Å². The number of hydrogen-bond acceptors (Lipinski definition) is 6. The van der Waals surface area contributed by atoms with Gasteiger partial charge in [0.15, 0.2) is 0 Å². The molecule has 0 unspecified atom stereocenters. The van der Waals surface area contributed by atoms with Crippen LogP contribution in [0.2, 0.25) is 5.02 Å². The maximum Gasteiger partial charge on any atom is 0.271 e. The lowest BCUT2D eigenvalue weighted by atomic mass is 10.2. The molecule has 0 radical (unpaired) electrons. The number of non-ortho nitro benzene ring substituents is 1. The fraction of sp³-hybridized carbons (Fsp3) is 0.308. The number of rotatable bonds is 7. The van der Waals surface area contributed by atoms with E-state index in [-0.39, 0.29) is 10.7 Å². The summed E-state index contributed by atoms with van der Waals surface area (Å²) in [5.41, 5.74) is 1.07. The van der Waals surface area contributed by atoms with Crippen LogP contribution >= 0.6 is 11.6 Å². The first-order chi connectivity index (χ1) is 10.1. The number of nitro benzene ring substituents is 1. The molecule has 0 aliphatic rings. The van der Waals surface area contributed by atoms with Crippen LogP contribution in [0.5, 0.6) is 0 Å². The number of oxazole rings is 1. The fourth-order valence-corrected chi connectivity index (χ4v) is 1.94. The summed E-state index contributed by atoms with van der Waals surface area (Å²) in [5.74, 6) is 0.296. The van der Waals surface area contributed by atoms with Crippen LogP contribution in [-0.2, 0) is 11.3 Å². The molecule has 8 heteroatoms. The van der Waals surface area contributed by atoms with Gasteiger partial charge >= 0.3 is 0 Å². The molecule has 0 fully saturated rings. The van der Waals surface area contributed by atoms with Crippen molar-refractivity contribution in [3.05, 3.63) is 45.3 Å². The molecule has 2 rings (SSSR count). The van der Waals surface area contributed by atoms with E-state index in [1.807, 2.05) is 0 Å². The van der Waals surface area contributed by atoms with E-state index in [0.29, 0.717) is 36.8 Å². The summed E-state index contributed by atoms with van der Waals surface area (Å²) in [7, 11) is 1.63. The molecule has 21 heavy (non-hydrogen) atoms. The summed E-state index contributed by atoms with van der Waals surface area (Å²) >= 11 is 5.87. The van der Waals surface area contributed by atoms with Gasteiger partial charge in [-0.25, -0.2) is 4.98 Å². The van der Waals surface area contributed by atoms with Gasteiger partial charge in [0.1, 0.15) is 6.26 Å². The van der Waals surface area contributed by atoms with E-state index in [1.165, 1.54) is 18.4 Å². The average molecular weight is 312 g/mol. The Morgan fingerprint density at radius 1 is 1.48 bits per heavy atom. The first-order valence-corrected chi connectivity index (χ1v) is 6.57. The van der Waals surface area contributed by atoms with Crippen molar-refractivity contribution in [3.63, 3.8) is 0 Å². The van der Waals surface area contributed by atoms with Gasteiger partial charge < -0.3 is 14.5 Å². The monoisotopic (exact) mass is 311 g/mol. The molecule has 0 saturated heterocycles. The minimum absolute atomic E-state index is 0.101. The highest BCUT2D eigenvalue weighted by Gasteiger charge is 2.13. The molecule has 7 nitrogen and oxygen atoms in total. The third kappa shape index (κ3) is 4.25. The smallest absolute Gasteiger partial charge is 0.271 e. The Balaban J connectivity index is 2.12. The van der Waals surface area contributed by atoms with Crippen LogP contribution in [0.4, 0.5) is 5.69 Å². The van der Waals surface area contributed by atoms with Crippen LogP contribution in [0, 0.1) is 10.1 Å². The van der Waals surface area contributed by atoms with Gasteiger partial charge in [0, 0.05) is 42.9 Å². The summed E-state index contributed by atoms with van der Waals surface area (Å²) in [5, 5.41) is 14.2. The lowest BCUT2D eigenvalue weighted by Crippen LogP contribution is -2.18. The predicted octanol–water partition coefficient (Wildman–Crippen LogP) is 2.64. The number of methoxy groups -OCH3 is 1. The Morgan fingerprint density at radius 2 is 2.29 bits per heavy atom. The molecule has 112 valence electrons. The van der Waals surface area contributed by atoms with Gasteiger partial charge in [0.25, 0.3) is 5.69 Å². The summed E-state index contributed by atoms with van der Waals surface area (Å²) in [6.45, 7) is 1.82. The SMILES string of the molecule is COCCNCc1coc(-c2cc(Cl)cc([N+](=O)[O-])c2)n1. The van der Waals surface area contributed by atoms with E-state index in [0.717, 1.165) is 0 Å².